The number of amides is 1. The minimum Gasteiger partial charge on any atom is -0.490 e. The van der Waals surface area contributed by atoms with Gasteiger partial charge in [-0.15, -0.1) is 10.2 Å². The van der Waals surface area contributed by atoms with Gasteiger partial charge in [-0.1, -0.05) is 48.1 Å². The van der Waals surface area contributed by atoms with Crippen LogP contribution in [-0.2, 0) is 6.42 Å². The number of benzene rings is 2. The van der Waals surface area contributed by atoms with Crippen molar-refractivity contribution in [3.05, 3.63) is 70.7 Å². The fourth-order valence-electron chi connectivity index (χ4n) is 3.62. The second-order valence-corrected chi connectivity index (χ2v) is 8.99. The summed E-state index contributed by atoms with van der Waals surface area (Å²) in [5.74, 6) is 0.619. The summed E-state index contributed by atoms with van der Waals surface area (Å²) in [5, 5.41) is 26.0. The Labute approximate surface area is 206 Å². The van der Waals surface area contributed by atoms with Crippen LogP contribution in [0.15, 0.2) is 54.6 Å². The summed E-state index contributed by atoms with van der Waals surface area (Å²) in [4.78, 5) is 33.3. The lowest BCUT2D eigenvalue weighted by Crippen LogP contribution is -2.19. The summed E-state index contributed by atoms with van der Waals surface area (Å²) in [6, 6.07) is 16.4. The van der Waals surface area contributed by atoms with Crippen molar-refractivity contribution in [2.24, 2.45) is 0 Å². The van der Waals surface area contributed by atoms with Gasteiger partial charge in [-0.05, 0) is 49.9 Å². The number of aromatic nitrogens is 2. The standard InChI is InChI=1S/C24H25N3O3S.CH2O3/c28-21(17-7-3-1-4-8-17)15-16-22-26-27-24(31-22)25-23(29)18-11-13-20(14-12-18)30-19-9-5-2-6-10-19;2-1(3)4/h1,3-4,7-8,11-14,19H,2,5-6,9-10,15-16H2,(H,25,27,29);(H2,2,3,4). The van der Waals surface area contributed by atoms with Gasteiger partial charge in [0.25, 0.3) is 5.91 Å². The zero-order valence-corrected chi connectivity index (χ0v) is 19.9. The molecule has 0 saturated heterocycles. The van der Waals surface area contributed by atoms with Crippen molar-refractivity contribution in [2.75, 3.05) is 5.32 Å². The summed E-state index contributed by atoms with van der Waals surface area (Å²) >= 11 is 1.29. The fourth-order valence-corrected chi connectivity index (χ4v) is 4.36. The number of aryl methyl sites for hydroxylation is 1. The zero-order valence-electron chi connectivity index (χ0n) is 19.1. The van der Waals surface area contributed by atoms with E-state index in [1.165, 1.54) is 30.6 Å². The molecule has 0 aliphatic heterocycles. The third-order valence-electron chi connectivity index (χ3n) is 5.32. The molecule has 1 aliphatic carbocycles. The van der Waals surface area contributed by atoms with Crippen LogP contribution in [0.2, 0.25) is 0 Å². The number of rotatable bonds is 8. The minimum absolute atomic E-state index is 0.0666. The van der Waals surface area contributed by atoms with Crippen molar-refractivity contribution in [2.45, 2.75) is 51.0 Å². The first-order valence-corrected chi connectivity index (χ1v) is 12.1. The van der Waals surface area contributed by atoms with Gasteiger partial charge in [-0.2, -0.15) is 0 Å². The van der Waals surface area contributed by atoms with E-state index in [1.54, 1.807) is 24.3 Å². The number of nitrogens with one attached hydrogen (secondary N) is 1. The molecule has 9 nitrogen and oxygen atoms in total. The first-order valence-electron chi connectivity index (χ1n) is 11.3. The number of carboxylic acid groups (broad SMARTS) is 2. The molecule has 1 aromatic heterocycles. The van der Waals surface area contributed by atoms with E-state index in [1.807, 2.05) is 30.3 Å². The first-order chi connectivity index (χ1) is 16.9. The highest BCUT2D eigenvalue weighted by atomic mass is 32.1. The van der Waals surface area contributed by atoms with Crippen LogP contribution >= 0.6 is 11.3 Å². The van der Waals surface area contributed by atoms with Crippen LogP contribution in [-0.4, -0.2) is 44.4 Å². The third kappa shape index (κ3) is 8.82. The Morgan fingerprint density at radius 1 is 0.914 bits per heavy atom. The molecule has 0 radical (unpaired) electrons. The van der Waals surface area contributed by atoms with Crippen LogP contribution in [0.1, 0.15) is 64.2 Å². The van der Waals surface area contributed by atoms with Gasteiger partial charge in [-0.3, -0.25) is 14.9 Å². The lowest BCUT2D eigenvalue weighted by molar-refractivity contribution is 0.0981. The number of Topliss-reactive ketones (excluding diaryl/α,β-unsaturated/α-hetero) is 1. The molecule has 1 heterocycles. The number of carbonyl (C=O) groups excluding carboxylic acids is 2. The molecule has 0 bridgehead atoms. The molecule has 35 heavy (non-hydrogen) atoms. The molecule has 0 spiro atoms. The van der Waals surface area contributed by atoms with Crippen molar-refractivity contribution >= 4 is 34.3 Å². The Bertz CT molecular complexity index is 1110. The Balaban J connectivity index is 0.000000795. The van der Waals surface area contributed by atoms with Crippen LogP contribution in [0.4, 0.5) is 9.93 Å². The number of ether oxygens (including phenoxy) is 1. The Morgan fingerprint density at radius 3 is 2.23 bits per heavy atom. The highest BCUT2D eigenvalue weighted by Crippen LogP contribution is 2.24. The smallest absolute Gasteiger partial charge is 0.490 e. The van der Waals surface area contributed by atoms with Gasteiger partial charge in [0.1, 0.15) is 10.8 Å². The average molecular weight is 498 g/mol. The second-order valence-electron chi connectivity index (χ2n) is 7.93. The largest absolute Gasteiger partial charge is 0.503 e. The van der Waals surface area contributed by atoms with Gasteiger partial charge in [0.2, 0.25) is 5.13 Å². The molecule has 3 N–H and O–H groups in total. The van der Waals surface area contributed by atoms with E-state index in [0.717, 1.165) is 23.6 Å². The predicted octanol–water partition coefficient (Wildman–Crippen LogP) is 5.54. The lowest BCUT2D eigenvalue weighted by atomic mass is 9.98. The summed E-state index contributed by atoms with van der Waals surface area (Å²) in [6.07, 6.45) is 5.21. The predicted molar refractivity (Wildman–Crippen MR) is 132 cm³/mol. The Morgan fingerprint density at radius 2 is 1.57 bits per heavy atom. The molecule has 0 atom stereocenters. The molecule has 3 aromatic rings. The monoisotopic (exact) mass is 497 g/mol. The van der Waals surface area contributed by atoms with Crippen molar-refractivity contribution in [1.29, 1.82) is 0 Å². The number of ketones is 1. The summed E-state index contributed by atoms with van der Waals surface area (Å²) in [6.45, 7) is 0. The van der Waals surface area contributed by atoms with Gasteiger partial charge < -0.3 is 14.9 Å². The number of hydrogen-bond acceptors (Lipinski definition) is 7. The highest BCUT2D eigenvalue weighted by Gasteiger charge is 2.16. The number of hydrogen-bond donors (Lipinski definition) is 3. The average Bonchev–Trinajstić information content (AvgIpc) is 3.31. The number of anilines is 1. The van der Waals surface area contributed by atoms with Crippen LogP contribution in [0.25, 0.3) is 0 Å². The van der Waals surface area contributed by atoms with Crippen LogP contribution in [0, 0.1) is 0 Å². The summed E-state index contributed by atoms with van der Waals surface area (Å²) < 4.78 is 6.01. The molecule has 1 fully saturated rings. The summed E-state index contributed by atoms with van der Waals surface area (Å²) in [7, 11) is 0. The van der Waals surface area contributed by atoms with E-state index < -0.39 is 6.16 Å². The maximum Gasteiger partial charge on any atom is 0.503 e. The van der Waals surface area contributed by atoms with Gasteiger partial charge in [0.15, 0.2) is 5.78 Å². The molecule has 0 unspecified atom stereocenters. The van der Waals surface area contributed by atoms with Crippen LogP contribution < -0.4 is 10.1 Å². The van der Waals surface area contributed by atoms with Crippen LogP contribution in [0.5, 0.6) is 5.75 Å². The molecule has 10 heteroatoms. The quantitative estimate of drug-likeness (QED) is 0.345. The van der Waals surface area contributed by atoms with Crippen molar-refractivity contribution < 1.29 is 29.3 Å². The van der Waals surface area contributed by atoms with Crippen LogP contribution in [0.3, 0.4) is 0 Å². The maximum atomic E-state index is 12.5. The van der Waals surface area contributed by atoms with Gasteiger partial charge in [0, 0.05) is 24.0 Å². The van der Waals surface area contributed by atoms with Crippen molar-refractivity contribution in [3.63, 3.8) is 0 Å². The third-order valence-corrected chi connectivity index (χ3v) is 6.22. The SMILES string of the molecule is O=C(CCc1nnc(NC(=O)c2ccc(OC3CCCCC3)cc2)s1)c1ccccc1.O=C(O)O. The molecule has 2 aromatic carbocycles. The maximum absolute atomic E-state index is 12.5. The van der Waals surface area contributed by atoms with E-state index in [0.29, 0.717) is 29.1 Å². The Kier molecular flexibility index (Phi) is 9.73. The lowest BCUT2D eigenvalue weighted by Gasteiger charge is -2.23. The van der Waals surface area contributed by atoms with E-state index in [2.05, 4.69) is 15.5 Å². The molecular weight excluding hydrogens is 470 g/mol. The fraction of sp³-hybridized carbons (Fsp3) is 0.320. The van der Waals surface area contributed by atoms with Gasteiger partial charge in [-0.25, -0.2) is 4.79 Å². The molecule has 1 saturated carbocycles. The normalized spacial score (nSPS) is 13.3. The highest BCUT2D eigenvalue weighted by molar-refractivity contribution is 7.15. The van der Waals surface area contributed by atoms with Gasteiger partial charge >= 0.3 is 6.16 Å². The van der Waals surface area contributed by atoms with E-state index in [4.69, 9.17) is 19.7 Å². The van der Waals surface area contributed by atoms with E-state index in [-0.39, 0.29) is 17.8 Å². The summed E-state index contributed by atoms with van der Waals surface area (Å²) in [5.41, 5.74) is 1.23. The topological polar surface area (TPSA) is 139 Å². The zero-order chi connectivity index (χ0) is 25.0. The molecule has 1 amide bonds. The number of nitrogens with zero attached hydrogens (tertiary/aromatic N) is 2. The minimum atomic E-state index is -1.83. The molecule has 1 aliphatic rings. The second kappa shape index (κ2) is 13.2. The van der Waals surface area contributed by atoms with Crippen molar-refractivity contribution in [1.82, 2.24) is 10.2 Å². The van der Waals surface area contributed by atoms with Crippen molar-refractivity contribution in [3.8, 4) is 5.75 Å². The van der Waals surface area contributed by atoms with E-state index >= 15 is 0 Å². The first kappa shape index (κ1) is 25.8. The molecule has 184 valence electrons. The number of carbonyl (C=O) groups is 3. The van der Waals surface area contributed by atoms with Gasteiger partial charge in [0.05, 0.1) is 6.10 Å². The molecular formula is C25H27N3O6S. The van der Waals surface area contributed by atoms with E-state index in [9.17, 15) is 9.59 Å². The molecule has 4 rings (SSSR count). The Hall–Kier alpha value is -3.79.